The lowest BCUT2D eigenvalue weighted by molar-refractivity contribution is 0.250. The maximum absolute atomic E-state index is 12.6. The SMILES string of the molecule is Cc1cc(C)c(S(=O)(=O)N2CCC(N)C(C)C2)s1.Cl. The molecule has 0 spiro atoms. The number of thiophene rings is 1. The van der Waals surface area contributed by atoms with E-state index < -0.39 is 10.0 Å². The number of halogens is 1. The molecule has 0 aromatic carbocycles. The first-order valence-corrected chi connectivity index (χ1v) is 8.41. The molecular weight excluding hydrogens is 304 g/mol. The van der Waals surface area contributed by atoms with E-state index in [0.717, 1.165) is 16.9 Å². The number of piperidine rings is 1. The molecule has 0 amide bonds. The number of sulfonamides is 1. The largest absolute Gasteiger partial charge is 0.327 e. The lowest BCUT2D eigenvalue weighted by Gasteiger charge is -2.34. The lowest BCUT2D eigenvalue weighted by atomic mass is 9.96. The number of rotatable bonds is 2. The van der Waals surface area contributed by atoms with Crippen molar-refractivity contribution in [2.75, 3.05) is 13.1 Å². The third kappa shape index (κ3) is 3.31. The van der Waals surface area contributed by atoms with Gasteiger partial charge in [0.2, 0.25) is 0 Å². The summed E-state index contributed by atoms with van der Waals surface area (Å²) in [5.74, 6) is 0.217. The molecule has 2 heterocycles. The molecule has 0 saturated carbocycles. The summed E-state index contributed by atoms with van der Waals surface area (Å²) in [5.41, 5.74) is 6.78. The highest BCUT2D eigenvalue weighted by atomic mass is 35.5. The molecule has 1 aliphatic heterocycles. The molecule has 2 unspecified atom stereocenters. The third-order valence-corrected chi connectivity index (χ3v) is 7.14. The normalized spacial score (nSPS) is 25.1. The summed E-state index contributed by atoms with van der Waals surface area (Å²) in [6, 6.07) is 2.04. The minimum absolute atomic E-state index is 0. The molecule has 0 bridgehead atoms. The number of hydrogen-bond acceptors (Lipinski definition) is 4. The first-order valence-electron chi connectivity index (χ1n) is 6.15. The maximum atomic E-state index is 12.6. The van der Waals surface area contributed by atoms with E-state index in [1.165, 1.54) is 11.3 Å². The molecule has 1 aromatic rings. The van der Waals surface area contributed by atoms with E-state index in [9.17, 15) is 8.42 Å². The van der Waals surface area contributed by atoms with E-state index in [1.54, 1.807) is 4.31 Å². The topological polar surface area (TPSA) is 63.4 Å². The van der Waals surface area contributed by atoms with Crippen LogP contribution in [-0.2, 0) is 10.0 Å². The van der Waals surface area contributed by atoms with E-state index >= 15 is 0 Å². The van der Waals surface area contributed by atoms with Gasteiger partial charge in [-0.3, -0.25) is 0 Å². The van der Waals surface area contributed by atoms with Crippen LogP contribution in [0.2, 0.25) is 0 Å². The molecule has 4 nitrogen and oxygen atoms in total. The fraction of sp³-hybridized carbons (Fsp3) is 0.667. The van der Waals surface area contributed by atoms with Crippen LogP contribution in [0, 0.1) is 19.8 Å². The van der Waals surface area contributed by atoms with Gasteiger partial charge in [-0.15, -0.1) is 23.7 Å². The van der Waals surface area contributed by atoms with Crippen molar-refractivity contribution < 1.29 is 8.42 Å². The predicted molar refractivity (Wildman–Crippen MR) is 81.6 cm³/mol. The van der Waals surface area contributed by atoms with Crippen LogP contribution in [0.5, 0.6) is 0 Å². The van der Waals surface area contributed by atoms with Crippen LogP contribution in [-0.4, -0.2) is 31.9 Å². The van der Waals surface area contributed by atoms with Crippen molar-refractivity contribution in [3.05, 3.63) is 16.5 Å². The van der Waals surface area contributed by atoms with Crippen LogP contribution < -0.4 is 5.73 Å². The quantitative estimate of drug-likeness (QED) is 0.906. The number of hydrogen-bond donors (Lipinski definition) is 1. The van der Waals surface area contributed by atoms with Crippen molar-refractivity contribution in [1.29, 1.82) is 0 Å². The molecule has 1 aliphatic rings. The average Bonchev–Trinajstić information content (AvgIpc) is 2.62. The van der Waals surface area contributed by atoms with Crippen molar-refractivity contribution in [3.8, 4) is 0 Å². The molecule has 7 heteroatoms. The second-order valence-corrected chi connectivity index (χ2v) is 8.51. The lowest BCUT2D eigenvalue weighted by Crippen LogP contribution is -2.47. The Morgan fingerprint density at radius 1 is 1.42 bits per heavy atom. The number of nitrogens with zero attached hydrogens (tertiary/aromatic N) is 1. The van der Waals surface area contributed by atoms with Gasteiger partial charge in [0, 0.05) is 24.0 Å². The van der Waals surface area contributed by atoms with Gasteiger partial charge in [-0.05, 0) is 37.8 Å². The highest BCUT2D eigenvalue weighted by molar-refractivity contribution is 7.91. The summed E-state index contributed by atoms with van der Waals surface area (Å²) in [5, 5.41) is 0. The van der Waals surface area contributed by atoms with Crippen LogP contribution in [0.25, 0.3) is 0 Å². The monoisotopic (exact) mass is 324 g/mol. The minimum atomic E-state index is -3.33. The summed E-state index contributed by atoms with van der Waals surface area (Å²) in [4.78, 5) is 1.04. The molecule has 2 rings (SSSR count). The van der Waals surface area contributed by atoms with Gasteiger partial charge in [-0.1, -0.05) is 6.92 Å². The molecule has 2 N–H and O–H groups in total. The zero-order valence-corrected chi connectivity index (χ0v) is 13.9. The molecule has 0 aliphatic carbocycles. The molecule has 2 atom stereocenters. The highest BCUT2D eigenvalue weighted by Crippen LogP contribution is 2.30. The smallest absolute Gasteiger partial charge is 0.252 e. The van der Waals surface area contributed by atoms with Gasteiger partial charge in [0.15, 0.2) is 0 Å². The summed E-state index contributed by atoms with van der Waals surface area (Å²) >= 11 is 1.36. The van der Waals surface area contributed by atoms with Crippen LogP contribution in [0.4, 0.5) is 0 Å². The van der Waals surface area contributed by atoms with Gasteiger partial charge >= 0.3 is 0 Å². The third-order valence-electron chi connectivity index (χ3n) is 3.50. The molecule has 19 heavy (non-hydrogen) atoms. The second kappa shape index (κ2) is 6.10. The van der Waals surface area contributed by atoms with E-state index in [-0.39, 0.29) is 24.4 Å². The molecule has 1 aromatic heterocycles. The average molecular weight is 325 g/mol. The molecule has 1 saturated heterocycles. The summed E-state index contributed by atoms with van der Waals surface area (Å²) in [6.45, 7) is 6.86. The molecular formula is C12H21ClN2O2S2. The van der Waals surface area contributed by atoms with Gasteiger partial charge < -0.3 is 5.73 Å². The Kier molecular flexibility index (Phi) is 5.43. The van der Waals surface area contributed by atoms with Crippen LogP contribution >= 0.6 is 23.7 Å². The molecule has 110 valence electrons. The molecule has 1 fully saturated rings. The van der Waals surface area contributed by atoms with E-state index in [0.29, 0.717) is 17.3 Å². The van der Waals surface area contributed by atoms with Crippen molar-refractivity contribution >= 4 is 33.8 Å². The Morgan fingerprint density at radius 3 is 2.53 bits per heavy atom. The number of aryl methyl sites for hydroxylation is 2. The Labute approximate surface area is 125 Å². The Balaban J connectivity index is 0.00000180. The second-order valence-electron chi connectivity index (χ2n) is 5.12. The van der Waals surface area contributed by atoms with E-state index in [1.807, 2.05) is 26.8 Å². The van der Waals surface area contributed by atoms with Crippen molar-refractivity contribution in [2.45, 2.75) is 37.4 Å². The van der Waals surface area contributed by atoms with Gasteiger partial charge in [-0.25, -0.2) is 8.42 Å². The fourth-order valence-electron chi connectivity index (χ4n) is 2.34. The van der Waals surface area contributed by atoms with Crippen LogP contribution in [0.3, 0.4) is 0 Å². The summed E-state index contributed by atoms with van der Waals surface area (Å²) in [6.07, 6.45) is 0.740. The van der Waals surface area contributed by atoms with Crippen molar-refractivity contribution in [2.24, 2.45) is 11.7 Å². The van der Waals surface area contributed by atoms with Crippen molar-refractivity contribution in [1.82, 2.24) is 4.31 Å². The first kappa shape index (κ1) is 16.9. The van der Waals surface area contributed by atoms with Crippen LogP contribution in [0.15, 0.2) is 10.3 Å². The Morgan fingerprint density at radius 2 is 2.05 bits per heavy atom. The van der Waals surface area contributed by atoms with Gasteiger partial charge in [-0.2, -0.15) is 4.31 Å². The van der Waals surface area contributed by atoms with Gasteiger partial charge in [0.1, 0.15) is 4.21 Å². The Bertz CT molecular complexity index is 542. The first-order chi connectivity index (χ1) is 8.32. The van der Waals surface area contributed by atoms with Crippen molar-refractivity contribution in [3.63, 3.8) is 0 Å². The highest BCUT2D eigenvalue weighted by Gasteiger charge is 2.33. The van der Waals surface area contributed by atoms with Gasteiger partial charge in [0.05, 0.1) is 0 Å². The zero-order valence-electron chi connectivity index (χ0n) is 11.4. The number of nitrogens with two attached hydrogens (primary N) is 1. The van der Waals surface area contributed by atoms with Gasteiger partial charge in [0.25, 0.3) is 10.0 Å². The van der Waals surface area contributed by atoms with E-state index in [4.69, 9.17) is 5.73 Å². The summed E-state index contributed by atoms with van der Waals surface area (Å²) in [7, 11) is -3.33. The maximum Gasteiger partial charge on any atom is 0.252 e. The van der Waals surface area contributed by atoms with Crippen LogP contribution in [0.1, 0.15) is 23.8 Å². The zero-order chi connectivity index (χ0) is 13.5. The predicted octanol–water partition coefficient (Wildman–Crippen LogP) is 2.14. The minimum Gasteiger partial charge on any atom is -0.327 e. The fourth-order valence-corrected chi connectivity index (χ4v) is 5.69. The standard InChI is InChI=1S/C12H20N2O2S2.ClH/c1-8-6-10(3)17-12(8)18(15,16)14-5-4-11(13)9(2)7-14;/h6,9,11H,4-5,7,13H2,1-3H3;1H. The molecule has 0 radical (unpaired) electrons. The Hall–Kier alpha value is -0.140. The van der Waals surface area contributed by atoms with E-state index in [2.05, 4.69) is 0 Å². The summed E-state index contributed by atoms with van der Waals surface area (Å²) < 4.78 is 27.2.